The largest absolute Gasteiger partial charge is 0.453 e. The van der Waals surface area contributed by atoms with Gasteiger partial charge in [0.05, 0.1) is 26.3 Å². The van der Waals surface area contributed by atoms with Crippen molar-refractivity contribution in [1.82, 2.24) is 20.4 Å². The number of likely N-dealkylation sites (tertiary alicyclic amines) is 2. The van der Waals surface area contributed by atoms with Crippen LogP contribution in [0.5, 0.6) is 0 Å². The highest BCUT2D eigenvalue weighted by atomic mass is 16.5. The molecule has 4 atom stereocenters. The summed E-state index contributed by atoms with van der Waals surface area (Å²) in [6.45, 7) is 9.06. The van der Waals surface area contributed by atoms with Gasteiger partial charge >= 0.3 is 12.2 Å². The van der Waals surface area contributed by atoms with Gasteiger partial charge in [-0.3, -0.25) is 24.2 Å². The third-order valence-electron chi connectivity index (χ3n) is 12.6. The van der Waals surface area contributed by atoms with Crippen molar-refractivity contribution < 1.29 is 43.0 Å². The van der Waals surface area contributed by atoms with Crippen molar-refractivity contribution in [2.45, 2.75) is 115 Å². The molecule has 2 aromatic rings. The molecule has 4 aliphatic heterocycles. The van der Waals surface area contributed by atoms with Crippen LogP contribution in [0.15, 0.2) is 59.7 Å². The first-order valence-electron chi connectivity index (χ1n) is 21.2. The van der Waals surface area contributed by atoms with Gasteiger partial charge in [-0.15, -0.1) is 0 Å². The molecule has 4 heterocycles. The Morgan fingerprint density at radius 2 is 1.33 bits per heavy atom. The van der Waals surface area contributed by atoms with E-state index in [1.54, 1.807) is 17.0 Å². The third kappa shape index (κ3) is 9.64. The van der Waals surface area contributed by atoms with E-state index in [9.17, 15) is 28.8 Å². The minimum atomic E-state index is -0.863. The number of ether oxygens (including phenoxy) is 3. The predicted molar refractivity (Wildman–Crippen MR) is 226 cm³/mol. The summed E-state index contributed by atoms with van der Waals surface area (Å²) >= 11 is 0. The fraction of sp³-hybridized carbons (Fsp3) is 0.543. The molecule has 1 spiro atoms. The quantitative estimate of drug-likeness (QED) is 0.206. The van der Waals surface area contributed by atoms with Gasteiger partial charge in [0.2, 0.25) is 11.8 Å². The molecule has 0 aromatic heterocycles. The number of aliphatic imine (C=N–C) groups is 1. The number of hydrogen-bond acceptors (Lipinski definition) is 10. The summed E-state index contributed by atoms with van der Waals surface area (Å²) in [5, 5.41) is 5.37. The minimum absolute atomic E-state index is 0.00127. The smallest absolute Gasteiger partial charge is 0.407 e. The van der Waals surface area contributed by atoms with E-state index >= 15 is 0 Å². The second kappa shape index (κ2) is 19.3. The van der Waals surface area contributed by atoms with E-state index in [0.29, 0.717) is 57.4 Å². The van der Waals surface area contributed by atoms with Crippen molar-refractivity contribution in [3.05, 3.63) is 65.9 Å². The predicted octanol–water partition coefficient (Wildman–Crippen LogP) is 6.36. The number of carbonyl (C=O) groups is 6. The number of nitrogens with zero attached hydrogens (tertiary/aromatic N) is 3. The Kier molecular flexibility index (Phi) is 14.2. The fourth-order valence-corrected chi connectivity index (χ4v) is 9.13. The molecule has 0 bridgehead atoms. The highest BCUT2D eigenvalue weighted by Gasteiger charge is 2.53. The lowest BCUT2D eigenvalue weighted by atomic mass is 9.86. The van der Waals surface area contributed by atoms with E-state index in [-0.39, 0.29) is 54.1 Å². The van der Waals surface area contributed by atoms with E-state index in [2.05, 4.69) is 10.6 Å². The van der Waals surface area contributed by atoms with E-state index in [0.717, 1.165) is 40.8 Å². The zero-order valence-electron chi connectivity index (χ0n) is 35.7. The van der Waals surface area contributed by atoms with E-state index in [4.69, 9.17) is 19.2 Å². The molecule has 60 heavy (non-hydrogen) atoms. The lowest BCUT2D eigenvalue weighted by Crippen LogP contribution is -2.61. The van der Waals surface area contributed by atoms with Crippen molar-refractivity contribution >= 4 is 46.9 Å². The second-order valence-electron chi connectivity index (χ2n) is 17.0. The highest BCUT2D eigenvalue weighted by molar-refractivity contribution is 6.04. The summed E-state index contributed by atoms with van der Waals surface area (Å²) < 4.78 is 15.2. The minimum Gasteiger partial charge on any atom is -0.453 e. The number of allylic oxidation sites excluding steroid dienone is 1. The van der Waals surface area contributed by atoms with Crippen molar-refractivity contribution in [1.29, 1.82) is 0 Å². The van der Waals surface area contributed by atoms with Crippen molar-refractivity contribution in [2.75, 3.05) is 34.0 Å². The fourth-order valence-electron chi connectivity index (χ4n) is 9.13. The van der Waals surface area contributed by atoms with Gasteiger partial charge in [0.25, 0.3) is 0 Å². The number of amides is 4. The Balaban J connectivity index is 1.04. The van der Waals surface area contributed by atoms with Crippen LogP contribution in [0.1, 0.15) is 101 Å². The average molecular weight is 826 g/mol. The summed E-state index contributed by atoms with van der Waals surface area (Å²) in [5.74, 6) is -1.09. The summed E-state index contributed by atoms with van der Waals surface area (Å²) in [5.41, 5.74) is 4.92. The number of hydrogen-bond donors (Lipinski definition) is 2. The first-order valence-corrected chi connectivity index (χ1v) is 21.2. The molecule has 2 aromatic carbocycles. The van der Waals surface area contributed by atoms with Crippen LogP contribution in [0, 0.1) is 11.8 Å². The molecule has 3 fully saturated rings. The molecule has 4 aliphatic rings. The molecular weight excluding hydrogens is 767 g/mol. The lowest BCUT2D eigenvalue weighted by molar-refractivity contribution is -0.149. The Bertz CT molecular complexity index is 1980. The first-order chi connectivity index (χ1) is 28.8. The van der Waals surface area contributed by atoms with Gasteiger partial charge in [0, 0.05) is 62.0 Å². The maximum Gasteiger partial charge on any atom is 0.407 e. The maximum absolute atomic E-state index is 14.1. The normalized spacial score (nSPS) is 20.7. The number of Topliss-reactive ketones (excluding diaryl/α,β-unsaturated/α-hetero) is 2. The molecule has 14 heteroatoms. The van der Waals surface area contributed by atoms with Crippen LogP contribution in [-0.4, -0.2) is 115 Å². The Labute approximate surface area is 352 Å². The van der Waals surface area contributed by atoms with Gasteiger partial charge in [-0.05, 0) is 72.6 Å². The number of benzene rings is 2. The van der Waals surface area contributed by atoms with Crippen LogP contribution >= 0.6 is 0 Å². The van der Waals surface area contributed by atoms with Crippen LogP contribution in [0.3, 0.4) is 0 Å². The number of ketones is 2. The summed E-state index contributed by atoms with van der Waals surface area (Å²) in [6, 6.07) is 13.2. The summed E-state index contributed by atoms with van der Waals surface area (Å²) in [4.78, 5) is 87.4. The van der Waals surface area contributed by atoms with Crippen LogP contribution in [0.25, 0.3) is 16.7 Å². The monoisotopic (exact) mass is 825 g/mol. The van der Waals surface area contributed by atoms with Crippen LogP contribution in [-0.2, 0) is 28.6 Å². The molecule has 0 radical (unpaired) electrons. The Morgan fingerprint density at radius 3 is 1.92 bits per heavy atom. The topological polar surface area (TPSA) is 173 Å². The molecule has 14 nitrogen and oxygen atoms in total. The van der Waals surface area contributed by atoms with Crippen LogP contribution in [0.4, 0.5) is 9.59 Å². The van der Waals surface area contributed by atoms with Crippen molar-refractivity contribution in [3.8, 4) is 11.1 Å². The standard InChI is InChI=1S/C46H59N5O9/c1-28(2)40(48-44(56)58-5)42(54)50-23-7-8-36(50)35-26-34(27-47-35)32-11-9-30(10-12-32)31-13-15-33(16-14-31)38(52)17-18-39(53)37-19-20-46(21-24-60-25-22-46)51(37)43(55)41(29(3)4)49-45(57)59-6/h9-16,27-29,36-37,40-41H,7-8,17-26H2,1-6H3,(H,48,56)(H,49,57)/t36-,37?,40-,41-/m0/s1. The number of carbonyl (C=O) groups excluding carboxylic acids is 6. The molecule has 4 amide bonds. The highest BCUT2D eigenvalue weighted by Crippen LogP contribution is 2.43. The Hall–Kier alpha value is -5.37. The molecule has 322 valence electrons. The molecule has 0 aliphatic carbocycles. The molecule has 1 unspecified atom stereocenters. The van der Waals surface area contributed by atoms with Gasteiger partial charge in [-0.25, -0.2) is 9.59 Å². The zero-order valence-corrected chi connectivity index (χ0v) is 35.7. The van der Waals surface area contributed by atoms with Crippen molar-refractivity contribution in [3.63, 3.8) is 0 Å². The van der Waals surface area contributed by atoms with E-state index in [1.807, 2.05) is 75.2 Å². The number of nitrogens with one attached hydrogen (secondary N) is 2. The first kappa shape index (κ1) is 44.2. The van der Waals surface area contributed by atoms with Gasteiger partial charge in [-0.1, -0.05) is 76.2 Å². The lowest BCUT2D eigenvalue weighted by Gasteiger charge is -2.45. The van der Waals surface area contributed by atoms with Gasteiger partial charge < -0.3 is 34.6 Å². The third-order valence-corrected chi connectivity index (χ3v) is 12.6. The molecule has 2 N–H and O–H groups in total. The van der Waals surface area contributed by atoms with Crippen LogP contribution < -0.4 is 10.6 Å². The Morgan fingerprint density at radius 1 is 0.767 bits per heavy atom. The average Bonchev–Trinajstić information content (AvgIpc) is 4.03. The molecule has 3 saturated heterocycles. The number of alkyl carbamates (subject to hydrolysis) is 2. The molecular formula is C46H59N5O9. The SMILES string of the molecule is COC(=O)N[C@H](C(=O)N1CCC[C@H]1C1=NC=C(c2ccc(-c3ccc(C(=O)CCC(=O)C4CCC5(CCOCC5)N4C(=O)[C@@H](NC(=O)OC)C(C)C)cc3)cc2)C1)C(C)C. The summed E-state index contributed by atoms with van der Waals surface area (Å²) in [7, 11) is 2.53. The van der Waals surface area contributed by atoms with Crippen molar-refractivity contribution in [2.24, 2.45) is 16.8 Å². The van der Waals surface area contributed by atoms with Gasteiger partial charge in [0.1, 0.15) is 12.1 Å². The van der Waals surface area contributed by atoms with Gasteiger partial charge in [-0.2, -0.15) is 0 Å². The van der Waals surface area contributed by atoms with Crippen LogP contribution in [0.2, 0.25) is 0 Å². The van der Waals surface area contributed by atoms with E-state index in [1.165, 1.54) is 14.2 Å². The van der Waals surface area contributed by atoms with E-state index < -0.39 is 35.9 Å². The molecule has 6 rings (SSSR count). The maximum atomic E-state index is 14.1. The molecule has 0 saturated carbocycles. The zero-order chi connectivity index (χ0) is 43.1. The number of rotatable bonds is 14. The van der Waals surface area contributed by atoms with Gasteiger partial charge in [0.15, 0.2) is 11.6 Å². The summed E-state index contributed by atoms with van der Waals surface area (Å²) in [6.07, 6.45) is 5.23. The number of methoxy groups -OCH3 is 2. The second-order valence-corrected chi connectivity index (χ2v) is 17.0.